The number of nitrogens with one attached hydrogen (secondary N) is 1. The van der Waals surface area contributed by atoms with Crippen LogP contribution in [-0.4, -0.2) is 50.6 Å². The van der Waals surface area contributed by atoms with Crippen LogP contribution in [0.3, 0.4) is 0 Å². The fourth-order valence-corrected chi connectivity index (χ4v) is 1.88. The summed E-state index contributed by atoms with van der Waals surface area (Å²) in [5.41, 5.74) is 0. The zero-order valence-electron chi connectivity index (χ0n) is 11.2. The summed E-state index contributed by atoms with van der Waals surface area (Å²) < 4.78 is 12.6. The van der Waals surface area contributed by atoms with Crippen molar-refractivity contribution in [2.24, 2.45) is 0 Å². The van der Waals surface area contributed by atoms with Crippen molar-refractivity contribution in [3.05, 3.63) is 18.5 Å². The first-order valence-corrected chi connectivity index (χ1v) is 6.59. The van der Waals surface area contributed by atoms with Gasteiger partial charge in [-0.15, -0.1) is 0 Å². The quantitative estimate of drug-likeness (QED) is 0.858. The second kappa shape index (κ2) is 5.83. The monoisotopic (exact) mass is 276 g/mol. The Morgan fingerprint density at radius 2 is 2.40 bits per heavy atom. The van der Waals surface area contributed by atoms with Gasteiger partial charge in [0, 0.05) is 25.4 Å². The van der Waals surface area contributed by atoms with E-state index in [1.165, 1.54) is 0 Å². The van der Waals surface area contributed by atoms with Crippen molar-refractivity contribution in [2.75, 3.05) is 25.1 Å². The third-order valence-corrected chi connectivity index (χ3v) is 2.81. The Morgan fingerprint density at radius 3 is 3.10 bits per heavy atom. The molecular formula is C12H16N6O2. The van der Waals surface area contributed by atoms with Crippen molar-refractivity contribution in [3.8, 4) is 12.0 Å². The van der Waals surface area contributed by atoms with Crippen molar-refractivity contribution in [1.29, 1.82) is 0 Å². The average molecular weight is 276 g/mol. The van der Waals surface area contributed by atoms with Gasteiger partial charge in [0.15, 0.2) is 0 Å². The molecule has 0 saturated carbocycles. The van der Waals surface area contributed by atoms with Crippen LogP contribution >= 0.6 is 0 Å². The molecule has 1 aliphatic heterocycles. The smallest absolute Gasteiger partial charge is 0.323 e. The van der Waals surface area contributed by atoms with Crippen molar-refractivity contribution >= 4 is 5.95 Å². The summed E-state index contributed by atoms with van der Waals surface area (Å²) in [5, 5.41) is 7.18. The molecule has 0 spiro atoms. The largest absolute Gasteiger partial charge is 0.457 e. The summed E-state index contributed by atoms with van der Waals surface area (Å²) >= 11 is 0. The molecule has 0 aromatic carbocycles. The molecule has 0 aliphatic carbocycles. The van der Waals surface area contributed by atoms with Crippen molar-refractivity contribution in [3.63, 3.8) is 0 Å². The number of anilines is 1. The first kappa shape index (κ1) is 12.8. The Kier molecular flexibility index (Phi) is 3.73. The van der Waals surface area contributed by atoms with Crippen molar-refractivity contribution in [2.45, 2.75) is 19.4 Å². The van der Waals surface area contributed by atoms with Gasteiger partial charge < -0.3 is 14.8 Å². The molecule has 1 unspecified atom stereocenters. The van der Waals surface area contributed by atoms with E-state index in [4.69, 9.17) is 9.47 Å². The van der Waals surface area contributed by atoms with E-state index in [0.717, 1.165) is 6.42 Å². The molecule has 1 saturated heterocycles. The molecule has 2 aromatic rings. The predicted octanol–water partition coefficient (Wildman–Crippen LogP) is 0.657. The molecule has 0 amide bonds. The van der Waals surface area contributed by atoms with Gasteiger partial charge in [-0.2, -0.15) is 20.1 Å². The lowest BCUT2D eigenvalue weighted by Crippen LogP contribution is -2.19. The van der Waals surface area contributed by atoms with Gasteiger partial charge in [0.05, 0.1) is 13.2 Å². The summed E-state index contributed by atoms with van der Waals surface area (Å²) in [5.74, 6) is 0.900. The van der Waals surface area contributed by atoms with Crippen molar-refractivity contribution < 1.29 is 9.47 Å². The van der Waals surface area contributed by atoms with Crippen LogP contribution in [0.4, 0.5) is 5.95 Å². The van der Waals surface area contributed by atoms with Crippen LogP contribution in [0.5, 0.6) is 6.01 Å². The highest BCUT2D eigenvalue weighted by atomic mass is 16.6. The highest BCUT2D eigenvalue weighted by molar-refractivity contribution is 5.29. The fraction of sp³-hybridized carbons (Fsp3) is 0.500. The Balaban J connectivity index is 1.87. The van der Waals surface area contributed by atoms with Crippen LogP contribution in [0.15, 0.2) is 18.5 Å². The van der Waals surface area contributed by atoms with Crippen LogP contribution in [-0.2, 0) is 4.74 Å². The van der Waals surface area contributed by atoms with E-state index in [-0.39, 0.29) is 12.1 Å². The minimum Gasteiger partial charge on any atom is -0.457 e. The van der Waals surface area contributed by atoms with Gasteiger partial charge in [-0.3, -0.25) is 0 Å². The van der Waals surface area contributed by atoms with Crippen molar-refractivity contribution in [1.82, 2.24) is 24.7 Å². The summed E-state index contributed by atoms with van der Waals surface area (Å²) in [4.78, 5) is 12.8. The van der Waals surface area contributed by atoms with E-state index in [9.17, 15) is 0 Å². The summed E-state index contributed by atoms with van der Waals surface area (Å²) in [7, 11) is 0. The molecule has 3 heterocycles. The SMILES string of the molecule is CCNc1nc(OC2CCOC2)nc(-n2cccn2)n1. The Morgan fingerprint density at radius 1 is 1.45 bits per heavy atom. The fourth-order valence-electron chi connectivity index (χ4n) is 1.88. The highest BCUT2D eigenvalue weighted by Gasteiger charge is 2.19. The average Bonchev–Trinajstić information content (AvgIpc) is 3.11. The van der Waals surface area contributed by atoms with Crippen LogP contribution in [0.1, 0.15) is 13.3 Å². The number of aromatic nitrogens is 5. The molecule has 0 bridgehead atoms. The van der Waals surface area contributed by atoms with Gasteiger partial charge in [0.25, 0.3) is 5.95 Å². The maximum absolute atomic E-state index is 5.73. The van der Waals surface area contributed by atoms with Gasteiger partial charge >= 0.3 is 6.01 Å². The molecular weight excluding hydrogens is 260 g/mol. The first-order valence-electron chi connectivity index (χ1n) is 6.59. The summed E-state index contributed by atoms with van der Waals surface area (Å²) in [6.45, 7) is 3.97. The first-order chi connectivity index (χ1) is 9.85. The minimum atomic E-state index is -0.00246. The number of hydrogen-bond donors (Lipinski definition) is 1. The normalized spacial score (nSPS) is 18.1. The van der Waals surface area contributed by atoms with E-state index in [1.807, 2.05) is 13.0 Å². The minimum absolute atomic E-state index is 0.00246. The predicted molar refractivity (Wildman–Crippen MR) is 71.0 cm³/mol. The molecule has 2 aromatic heterocycles. The van der Waals surface area contributed by atoms with Gasteiger partial charge in [-0.25, -0.2) is 4.68 Å². The lowest BCUT2D eigenvalue weighted by atomic mass is 10.3. The maximum atomic E-state index is 5.73. The highest BCUT2D eigenvalue weighted by Crippen LogP contribution is 2.15. The number of hydrogen-bond acceptors (Lipinski definition) is 7. The summed E-state index contributed by atoms with van der Waals surface area (Å²) in [6.07, 6.45) is 4.28. The Hall–Kier alpha value is -2.22. The third-order valence-electron chi connectivity index (χ3n) is 2.81. The molecule has 0 radical (unpaired) electrons. The third kappa shape index (κ3) is 2.85. The number of rotatable bonds is 5. The Labute approximate surface area is 116 Å². The van der Waals surface area contributed by atoms with Gasteiger partial charge in [-0.1, -0.05) is 0 Å². The Bertz CT molecular complexity index is 553. The van der Waals surface area contributed by atoms with Crippen LogP contribution in [0.2, 0.25) is 0 Å². The van der Waals surface area contributed by atoms with E-state index in [1.54, 1.807) is 17.1 Å². The second-order valence-electron chi connectivity index (χ2n) is 4.33. The summed E-state index contributed by atoms with van der Waals surface area (Å²) in [6, 6.07) is 2.10. The zero-order chi connectivity index (χ0) is 13.8. The lowest BCUT2D eigenvalue weighted by molar-refractivity contribution is 0.134. The zero-order valence-corrected chi connectivity index (χ0v) is 11.2. The molecule has 20 heavy (non-hydrogen) atoms. The van der Waals surface area contributed by atoms with Crippen LogP contribution in [0, 0.1) is 0 Å². The standard InChI is InChI=1S/C12H16N6O2/c1-2-13-10-15-11(18-6-3-5-14-18)17-12(16-10)20-9-4-7-19-8-9/h3,5-6,9H,2,4,7-8H2,1H3,(H,13,15,16,17). The molecule has 1 fully saturated rings. The molecule has 8 nitrogen and oxygen atoms in total. The van der Waals surface area contributed by atoms with E-state index in [2.05, 4.69) is 25.4 Å². The van der Waals surface area contributed by atoms with E-state index < -0.39 is 0 Å². The molecule has 8 heteroatoms. The second-order valence-corrected chi connectivity index (χ2v) is 4.33. The maximum Gasteiger partial charge on any atom is 0.323 e. The van der Waals surface area contributed by atoms with Gasteiger partial charge in [-0.05, 0) is 13.0 Å². The lowest BCUT2D eigenvalue weighted by Gasteiger charge is -2.12. The molecule has 106 valence electrons. The molecule has 3 rings (SSSR count). The van der Waals surface area contributed by atoms with E-state index >= 15 is 0 Å². The molecule has 1 N–H and O–H groups in total. The van der Waals surface area contributed by atoms with Gasteiger partial charge in [0.1, 0.15) is 6.10 Å². The van der Waals surface area contributed by atoms with Gasteiger partial charge in [0.2, 0.25) is 5.95 Å². The molecule has 1 aliphatic rings. The number of ether oxygens (including phenoxy) is 2. The molecule has 1 atom stereocenters. The number of nitrogens with zero attached hydrogens (tertiary/aromatic N) is 5. The van der Waals surface area contributed by atoms with E-state index in [0.29, 0.717) is 31.7 Å². The van der Waals surface area contributed by atoms with Crippen LogP contribution in [0.25, 0.3) is 5.95 Å². The van der Waals surface area contributed by atoms with Crippen LogP contribution < -0.4 is 10.1 Å². The topological polar surface area (TPSA) is 87.0 Å².